The van der Waals surface area contributed by atoms with Crippen LogP contribution >= 0.6 is 0 Å². The Balaban J connectivity index is 2.21. The summed E-state index contributed by atoms with van der Waals surface area (Å²) in [7, 11) is 0. The second kappa shape index (κ2) is 5.05. The number of hydrogen-bond donors (Lipinski definition) is 0. The quantitative estimate of drug-likeness (QED) is 0.671. The maximum atomic E-state index is 4.06. The molecule has 0 atom stereocenters. The Kier molecular flexibility index (Phi) is 3.48. The van der Waals surface area contributed by atoms with Crippen LogP contribution in [0.5, 0.6) is 0 Å². The van der Waals surface area contributed by atoms with Crippen molar-refractivity contribution in [2.24, 2.45) is 0 Å². The highest BCUT2D eigenvalue weighted by atomic mass is 15.1. The van der Waals surface area contributed by atoms with Crippen molar-refractivity contribution < 1.29 is 0 Å². The molecular formula is C16H19N. The van der Waals surface area contributed by atoms with Gasteiger partial charge in [-0.25, -0.2) is 0 Å². The van der Waals surface area contributed by atoms with Crippen LogP contribution < -0.4 is 0 Å². The van der Waals surface area contributed by atoms with Crippen LogP contribution in [0.1, 0.15) is 26.7 Å². The molecule has 0 aromatic rings. The first-order valence-electron chi connectivity index (χ1n) is 6.06. The van der Waals surface area contributed by atoms with E-state index in [0.29, 0.717) is 0 Å². The molecule has 2 aliphatic rings. The lowest BCUT2D eigenvalue weighted by Gasteiger charge is -2.25. The van der Waals surface area contributed by atoms with E-state index in [9.17, 15) is 0 Å². The minimum atomic E-state index is 1.02. The summed E-state index contributed by atoms with van der Waals surface area (Å²) in [6, 6.07) is 0. The summed E-state index contributed by atoms with van der Waals surface area (Å²) in [5.41, 5.74) is 4.97. The van der Waals surface area contributed by atoms with Gasteiger partial charge in [-0.2, -0.15) is 0 Å². The van der Waals surface area contributed by atoms with Crippen molar-refractivity contribution in [3.8, 4) is 0 Å². The summed E-state index contributed by atoms with van der Waals surface area (Å²) in [6.45, 7) is 8.34. The highest BCUT2D eigenvalue weighted by Gasteiger charge is 2.09. The summed E-state index contributed by atoms with van der Waals surface area (Å²) in [4.78, 5) is 2.15. The minimum Gasteiger partial charge on any atom is -0.322 e. The zero-order valence-electron chi connectivity index (χ0n) is 10.6. The molecule has 0 fully saturated rings. The van der Waals surface area contributed by atoms with Crippen molar-refractivity contribution >= 4 is 0 Å². The SMILES string of the molecule is C=C1C=CC=C(C)N1/C=C(\C)C1=CC=CCC1. The summed E-state index contributed by atoms with van der Waals surface area (Å²) >= 11 is 0. The number of nitrogens with zero attached hydrogens (tertiary/aromatic N) is 1. The Hall–Kier alpha value is -1.76. The molecule has 0 spiro atoms. The lowest BCUT2D eigenvalue weighted by atomic mass is 9.99. The molecule has 0 aromatic carbocycles. The van der Waals surface area contributed by atoms with E-state index in [-0.39, 0.29) is 0 Å². The first-order valence-corrected chi connectivity index (χ1v) is 6.06. The third-order valence-corrected chi connectivity index (χ3v) is 3.16. The molecule has 1 heteroatoms. The van der Waals surface area contributed by atoms with Gasteiger partial charge in [0.25, 0.3) is 0 Å². The zero-order chi connectivity index (χ0) is 12.3. The van der Waals surface area contributed by atoms with Gasteiger partial charge in [0.1, 0.15) is 0 Å². The van der Waals surface area contributed by atoms with Gasteiger partial charge in [0, 0.05) is 17.6 Å². The summed E-state index contributed by atoms with van der Waals surface area (Å²) in [5, 5.41) is 0. The molecule has 1 aliphatic heterocycles. The van der Waals surface area contributed by atoms with Gasteiger partial charge in [-0.05, 0) is 50.0 Å². The molecule has 0 radical (unpaired) electrons. The van der Waals surface area contributed by atoms with E-state index in [1.807, 2.05) is 12.2 Å². The monoisotopic (exact) mass is 225 g/mol. The van der Waals surface area contributed by atoms with Gasteiger partial charge < -0.3 is 4.90 Å². The van der Waals surface area contributed by atoms with Crippen molar-refractivity contribution in [1.29, 1.82) is 0 Å². The smallest absolute Gasteiger partial charge is 0.0380 e. The van der Waals surface area contributed by atoms with E-state index in [1.54, 1.807) is 0 Å². The van der Waals surface area contributed by atoms with Gasteiger partial charge in [-0.3, -0.25) is 0 Å². The predicted octanol–water partition coefficient (Wildman–Crippen LogP) is 4.46. The van der Waals surface area contributed by atoms with Crippen LogP contribution in [-0.2, 0) is 0 Å². The fraction of sp³-hybridized carbons (Fsp3) is 0.250. The molecule has 2 rings (SSSR count). The number of hydrogen-bond acceptors (Lipinski definition) is 1. The second-order valence-electron chi connectivity index (χ2n) is 4.50. The lowest BCUT2D eigenvalue weighted by Crippen LogP contribution is -2.15. The van der Waals surface area contributed by atoms with Crippen LogP contribution in [0.4, 0.5) is 0 Å². The number of allylic oxidation sites excluding steroid dienone is 9. The fourth-order valence-corrected chi connectivity index (χ4v) is 2.08. The van der Waals surface area contributed by atoms with E-state index in [0.717, 1.165) is 18.5 Å². The molecular weight excluding hydrogens is 206 g/mol. The normalized spacial score (nSPS) is 20.5. The molecule has 0 bridgehead atoms. The Morgan fingerprint density at radius 1 is 1.35 bits per heavy atom. The van der Waals surface area contributed by atoms with Crippen molar-refractivity contribution in [2.75, 3.05) is 0 Å². The first-order chi connectivity index (χ1) is 8.18. The van der Waals surface area contributed by atoms with Crippen LogP contribution in [0, 0.1) is 0 Å². The molecule has 1 heterocycles. The Bertz CT molecular complexity index is 470. The largest absolute Gasteiger partial charge is 0.322 e. The lowest BCUT2D eigenvalue weighted by molar-refractivity contribution is 0.585. The maximum absolute atomic E-state index is 4.06. The van der Waals surface area contributed by atoms with Crippen molar-refractivity contribution in [3.05, 3.63) is 71.8 Å². The molecule has 0 aromatic heterocycles. The van der Waals surface area contributed by atoms with E-state index in [2.05, 4.69) is 55.8 Å². The Morgan fingerprint density at radius 3 is 2.82 bits per heavy atom. The third-order valence-electron chi connectivity index (χ3n) is 3.16. The fourth-order valence-electron chi connectivity index (χ4n) is 2.08. The molecule has 0 saturated carbocycles. The van der Waals surface area contributed by atoms with E-state index in [4.69, 9.17) is 0 Å². The highest BCUT2D eigenvalue weighted by Crippen LogP contribution is 2.24. The van der Waals surface area contributed by atoms with Gasteiger partial charge in [0.05, 0.1) is 0 Å². The van der Waals surface area contributed by atoms with Gasteiger partial charge in [-0.15, -0.1) is 0 Å². The minimum absolute atomic E-state index is 1.02. The van der Waals surface area contributed by atoms with E-state index < -0.39 is 0 Å². The van der Waals surface area contributed by atoms with Crippen LogP contribution in [0.3, 0.4) is 0 Å². The Labute approximate surface area is 104 Å². The predicted molar refractivity (Wildman–Crippen MR) is 74.1 cm³/mol. The van der Waals surface area contributed by atoms with Gasteiger partial charge in [-0.1, -0.05) is 30.9 Å². The van der Waals surface area contributed by atoms with Crippen molar-refractivity contribution in [3.63, 3.8) is 0 Å². The van der Waals surface area contributed by atoms with Crippen LogP contribution in [0.15, 0.2) is 71.8 Å². The molecule has 88 valence electrons. The molecule has 0 N–H and O–H groups in total. The van der Waals surface area contributed by atoms with Gasteiger partial charge in [0.15, 0.2) is 0 Å². The molecule has 1 aliphatic carbocycles. The van der Waals surface area contributed by atoms with Crippen molar-refractivity contribution in [2.45, 2.75) is 26.7 Å². The summed E-state index contributed by atoms with van der Waals surface area (Å²) in [5.74, 6) is 0. The van der Waals surface area contributed by atoms with E-state index >= 15 is 0 Å². The summed E-state index contributed by atoms with van der Waals surface area (Å²) in [6.07, 6.45) is 17.2. The van der Waals surface area contributed by atoms with Crippen molar-refractivity contribution in [1.82, 2.24) is 4.90 Å². The molecule has 17 heavy (non-hydrogen) atoms. The topological polar surface area (TPSA) is 3.24 Å². The Morgan fingerprint density at radius 2 is 2.18 bits per heavy atom. The molecule has 0 amide bonds. The molecule has 0 unspecified atom stereocenters. The highest BCUT2D eigenvalue weighted by molar-refractivity contribution is 5.38. The third kappa shape index (κ3) is 2.68. The molecule has 1 nitrogen and oxygen atoms in total. The van der Waals surface area contributed by atoms with Crippen LogP contribution in [0.2, 0.25) is 0 Å². The van der Waals surface area contributed by atoms with Crippen LogP contribution in [0.25, 0.3) is 0 Å². The average molecular weight is 225 g/mol. The zero-order valence-corrected chi connectivity index (χ0v) is 10.6. The van der Waals surface area contributed by atoms with Gasteiger partial charge >= 0.3 is 0 Å². The maximum Gasteiger partial charge on any atom is 0.0380 e. The molecule has 0 saturated heterocycles. The van der Waals surface area contributed by atoms with Gasteiger partial charge in [0.2, 0.25) is 0 Å². The number of rotatable bonds is 2. The van der Waals surface area contributed by atoms with Crippen LogP contribution in [-0.4, -0.2) is 4.90 Å². The second-order valence-corrected chi connectivity index (χ2v) is 4.50. The summed E-state index contributed by atoms with van der Waals surface area (Å²) < 4.78 is 0. The van der Waals surface area contributed by atoms with E-state index in [1.165, 1.54) is 16.8 Å². The standard InChI is InChI=1S/C16H19N/c1-13(16-10-5-4-6-11-16)12-17-14(2)8-7-9-15(17)3/h4-5,7-10,12H,2,6,11H2,1,3H3/b13-12+. The first kappa shape index (κ1) is 11.7. The average Bonchev–Trinajstić information content (AvgIpc) is 2.35.